The number of para-hydroxylation sites is 6. The van der Waals surface area contributed by atoms with Gasteiger partial charge in [-0.2, -0.15) is 9.48 Å². The van der Waals surface area contributed by atoms with Crippen molar-refractivity contribution in [1.29, 1.82) is 0 Å². The average molecular weight is 536 g/mol. The van der Waals surface area contributed by atoms with Crippen molar-refractivity contribution in [3.05, 3.63) is 182 Å². The number of nitrogens with zero attached hydrogens (tertiary/aromatic N) is 3. The summed E-state index contributed by atoms with van der Waals surface area (Å²) in [6, 6.07) is 63.1. The van der Waals surface area contributed by atoms with Gasteiger partial charge in [0, 0.05) is 36.4 Å². The van der Waals surface area contributed by atoms with Crippen LogP contribution in [0, 0.1) is 0 Å². The van der Waals surface area contributed by atoms with Crippen molar-refractivity contribution in [2.45, 2.75) is 0 Å². The third kappa shape index (κ3) is 5.42. The van der Waals surface area contributed by atoms with E-state index < -0.39 is 0 Å². The first-order chi connectivity index (χ1) is 19.9. The highest BCUT2D eigenvalue weighted by atomic mass is 19.0. The van der Waals surface area contributed by atoms with Crippen molar-refractivity contribution < 1.29 is 4.70 Å². The zero-order valence-corrected chi connectivity index (χ0v) is 22.5. The van der Waals surface area contributed by atoms with Crippen molar-refractivity contribution in [3.63, 3.8) is 0 Å². The first kappa shape index (κ1) is 27.3. The molecule has 0 radical (unpaired) electrons. The quantitative estimate of drug-likeness (QED) is 0.125. The topological polar surface area (TPSA) is 15.6 Å². The fraction of sp³-hybridized carbons (Fsp3) is 0. The summed E-state index contributed by atoms with van der Waals surface area (Å²) >= 11 is 0. The molecule has 0 unspecified atom stereocenters. The van der Waals surface area contributed by atoms with Gasteiger partial charge in [-0.15, -0.1) is 0 Å². The molecule has 0 aliphatic heterocycles. The Labute approximate surface area is 240 Å². The molecule has 0 amide bonds. The van der Waals surface area contributed by atoms with Crippen LogP contribution < -0.4 is 14.1 Å². The van der Waals surface area contributed by atoms with E-state index in [-0.39, 0.29) is 9.19 Å². The van der Waals surface area contributed by atoms with E-state index in [2.05, 4.69) is 157 Å². The van der Waals surface area contributed by atoms with Gasteiger partial charge in [-0.05, 0) is 36.4 Å². The maximum atomic E-state index is 5.53. The Morgan fingerprint density at radius 3 is 1.02 bits per heavy atom. The molecule has 0 aliphatic carbocycles. The van der Waals surface area contributed by atoms with Crippen LogP contribution >= 0.6 is 0 Å². The lowest BCUT2D eigenvalue weighted by molar-refractivity contribution is -0.00000776. The molecule has 0 bridgehead atoms. The van der Waals surface area contributed by atoms with Gasteiger partial charge in [0.1, 0.15) is 0 Å². The summed E-state index contributed by atoms with van der Waals surface area (Å²) in [5.41, 5.74) is 6.14. The van der Waals surface area contributed by atoms with E-state index in [1.54, 1.807) is 0 Å². The fourth-order valence-corrected chi connectivity index (χ4v) is 5.18. The highest BCUT2D eigenvalue weighted by Gasteiger charge is 2.46. The summed E-state index contributed by atoms with van der Waals surface area (Å²) < 4.78 is 0.265. The molecular weight excluding hydrogens is 505 g/mol. The Morgan fingerprint density at radius 2 is 0.683 bits per heavy atom. The van der Waals surface area contributed by atoms with Gasteiger partial charge < -0.3 is 4.70 Å². The molecule has 200 valence electrons. The molecule has 4 heteroatoms. The lowest BCUT2D eigenvalue weighted by Crippen LogP contribution is -3.00. The van der Waals surface area contributed by atoms with Crippen LogP contribution in [0.4, 0.5) is 34.1 Å². The molecule has 0 fully saturated rings. The van der Waals surface area contributed by atoms with Crippen LogP contribution in [0.1, 0.15) is 0 Å². The van der Waals surface area contributed by atoms with Crippen LogP contribution in [-0.4, -0.2) is 5.96 Å². The molecule has 0 N–H and O–H groups in total. The summed E-state index contributed by atoms with van der Waals surface area (Å²) in [6.07, 6.45) is 0. The van der Waals surface area contributed by atoms with Gasteiger partial charge in [0.25, 0.3) is 0 Å². The standard InChI is InChI=1S/C37H30N3.FH/c1-7-19-31(20-8-1)38-37(39(32-21-9-2-10-22-32)33-23-11-3-12-24-33)40(34-25-13-4-14-26-34,35-27-15-5-16-28-35)36-29-17-6-18-30-36;/h1-30H;1H/q+1;/p-1. The van der Waals surface area contributed by atoms with Crippen LogP contribution in [0.3, 0.4) is 0 Å². The number of rotatable bonds is 6. The van der Waals surface area contributed by atoms with Gasteiger partial charge in [0.2, 0.25) is 0 Å². The van der Waals surface area contributed by atoms with E-state index in [0.29, 0.717) is 0 Å². The molecular formula is C37H30FN3. The predicted molar refractivity (Wildman–Crippen MR) is 169 cm³/mol. The average Bonchev–Trinajstić information content (AvgIpc) is 3.05. The minimum atomic E-state index is 0. The summed E-state index contributed by atoms with van der Waals surface area (Å²) in [7, 11) is 0. The minimum Gasteiger partial charge on any atom is -1.00 e. The maximum Gasteiger partial charge on any atom is 0.330 e. The summed E-state index contributed by atoms with van der Waals surface area (Å²) in [4.78, 5) is 7.81. The molecule has 0 saturated heterocycles. The second-order valence-electron chi connectivity index (χ2n) is 9.43. The first-order valence-corrected chi connectivity index (χ1v) is 13.5. The maximum absolute atomic E-state index is 5.53. The Kier molecular flexibility index (Phi) is 8.43. The highest BCUT2D eigenvalue weighted by molar-refractivity contribution is 6.16. The van der Waals surface area contributed by atoms with Crippen LogP contribution in [0.2, 0.25) is 0 Å². The third-order valence-electron chi connectivity index (χ3n) is 6.94. The second-order valence-corrected chi connectivity index (χ2v) is 9.43. The minimum absolute atomic E-state index is 0. The number of anilines is 2. The molecule has 0 aromatic heterocycles. The van der Waals surface area contributed by atoms with Crippen LogP contribution in [0.15, 0.2) is 187 Å². The Balaban J connectivity index is 0.00000337. The Hall–Kier alpha value is -5.32. The van der Waals surface area contributed by atoms with Crippen molar-refractivity contribution in [1.82, 2.24) is 4.48 Å². The SMILES string of the molecule is [F-].c1ccc(N=C(N(c2ccccc2)c2ccccc2)[N+](c2ccccc2)(c2ccccc2)c2ccccc2)cc1. The van der Waals surface area contributed by atoms with Crippen molar-refractivity contribution in [3.8, 4) is 0 Å². The predicted octanol–water partition coefficient (Wildman–Crippen LogP) is 7.19. The number of aliphatic imine (C=N–C) groups is 1. The molecule has 6 aromatic carbocycles. The Morgan fingerprint density at radius 1 is 0.390 bits per heavy atom. The molecule has 6 rings (SSSR count). The molecule has 0 aliphatic rings. The van der Waals surface area contributed by atoms with Gasteiger partial charge in [0.15, 0.2) is 17.1 Å². The van der Waals surface area contributed by atoms with Gasteiger partial charge >= 0.3 is 5.96 Å². The lowest BCUT2D eigenvalue weighted by Gasteiger charge is -2.41. The molecule has 0 spiro atoms. The van der Waals surface area contributed by atoms with Gasteiger partial charge in [-0.3, -0.25) is 0 Å². The first-order valence-electron chi connectivity index (χ1n) is 13.5. The number of hydrogen-bond donors (Lipinski definition) is 0. The zero-order chi connectivity index (χ0) is 27.0. The highest BCUT2D eigenvalue weighted by Crippen LogP contribution is 2.47. The van der Waals surface area contributed by atoms with Gasteiger partial charge in [-0.25, -0.2) is 4.90 Å². The van der Waals surface area contributed by atoms with Gasteiger partial charge in [-0.1, -0.05) is 109 Å². The lowest BCUT2D eigenvalue weighted by atomic mass is 10.1. The third-order valence-corrected chi connectivity index (χ3v) is 6.94. The second kappa shape index (κ2) is 12.7. The van der Waals surface area contributed by atoms with Crippen molar-refractivity contribution >= 4 is 40.1 Å². The number of benzene rings is 6. The van der Waals surface area contributed by atoms with Crippen molar-refractivity contribution in [2.24, 2.45) is 4.99 Å². The summed E-state index contributed by atoms with van der Waals surface area (Å²) in [5, 5.41) is 0. The normalized spacial score (nSPS) is 11.4. The van der Waals surface area contributed by atoms with E-state index in [1.165, 1.54) is 0 Å². The number of quaternary nitrogens is 1. The molecule has 0 atom stereocenters. The molecule has 6 aromatic rings. The molecule has 0 saturated carbocycles. The van der Waals surface area contributed by atoms with E-state index in [9.17, 15) is 0 Å². The molecule has 3 nitrogen and oxygen atoms in total. The van der Waals surface area contributed by atoms with Crippen LogP contribution in [0.25, 0.3) is 0 Å². The van der Waals surface area contributed by atoms with Crippen molar-refractivity contribution in [2.75, 3.05) is 4.90 Å². The van der Waals surface area contributed by atoms with E-state index >= 15 is 0 Å². The molecule has 0 heterocycles. The monoisotopic (exact) mass is 535 g/mol. The number of guanidine groups is 1. The largest absolute Gasteiger partial charge is 1.00 e. The molecule has 41 heavy (non-hydrogen) atoms. The number of halogens is 1. The summed E-state index contributed by atoms with van der Waals surface area (Å²) in [5.74, 6) is 0.826. The number of hydrogen-bond acceptors (Lipinski definition) is 1. The summed E-state index contributed by atoms with van der Waals surface area (Å²) in [6.45, 7) is 0. The van der Waals surface area contributed by atoms with E-state index in [4.69, 9.17) is 4.99 Å². The zero-order valence-electron chi connectivity index (χ0n) is 22.5. The Bertz CT molecular complexity index is 1520. The smallest absolute Gasteiger partial charge is 0.330 e. The van der Waals surface area contributed by atoms with E-state index in [0.717, 1.165) is 40.1 Å². The van der Waals surface area contributed by atoms with Gasteiger partial charge in [0.05, 0.1) is 17.1 Å². The van der Waals surface area contributed by atoms with Crippen LogP contribution in [-0.2, 0) is 0 Å². The fourth-order valence-electron chi connectivity index (χ4n) is 5.18. The van der Waals surface area contributed by atoms with E-state index in [1.807, 2.05) is 30.3 Å². The van der Waals surface area contributed by atoms with Crippen LogP contribution in [0.5, 0.6) is 0 Å².